The van der Waals surface area contributed by atoms with E-state index in [0.717, 1.165) is 11.3 Å². The van der Waals surface area contributed by atoms with Crippen LogP contribution in [0.25, 0.3) is 0 Å². The van der Waals surface area contributed by atoms with Crippen LogP contribution in [0.2, 0.25) is 0 Å². The third-order valence-electron chi connectivity index (χ3n) is 1.94. The highest BCUT2D eigenvalue weighted by Gasteiger charge is 2.04. The summed E-state index contributed by atoms with van der Waals surface area (Å²) in [4.78, 5) is 11.5. The minimum Gasteiger partial charge on any atom is -0.392 e. The van der Waals surface area contributed by atoms with Gasteiger partial charge in [0.15, 0.2) is 0 Å². The van der Waals surface area contributed by atoms with Gasteiger partial charge in [0.25, 0.3) is 0 Å². The molecule has 0 saturated carbocycles. The smallest absolute Gasteiger partial charge is 0.234 e. The number of hydrogen-bond acceptors (Lipinski definition) is 3. The number of benzene rings is 1. The lowest BCUT2D eigenvalue weighted by atomic mass is 10.2. The Morgan fingerprint density at radius 1 is 1.50 bits per heavy atom. The Morgan fingerprint density at radius 3 is 2.88 bits per heavy atom. The number of amides is 1. The van der Waals surface area contributed by atoms with E-state index in [2.05, 4.69) is 19.2 Å². The maximum atomic E-state index is 11.5. The first kappa shape index (κ1) is 13.1. The summed E-state index contributed by atoms with van der Waals surface area (Å²) in [5, 5.41) is 12.2. The predicted octanol–water partition coefficient (Wildman–Crippen LogP) is 2.26. The maximum Gasteiger partial charge on any atom is 0.234 e. The number of carbonyl (C=O) groups is 1. The fourth-order valence-corrected chi connectivity index (χ4v) is 1.74. The van der Waals surface area contributed by atoms with Crippen molar-refractivity contribution in [3.8, 4) is 0 Å². The Morgan fingerprint density at radius 2 is 2.25 bits per heavy atom. The lowest BCUT2D eigenvalue weighted by molar-refractivity contribution is -0.113. The van der Waals surface area contributed by atoms with Crippen LogP contribution < -0.4 is 5.32 Å². The van der Waals surface area contributed by atoms with Crippen molar-refractivity contribution in [2.24, 2.45) is 0 Å². The average molecular weight is 239 g/mol. The number of hydrogen-bond donors (Lipinski definition) is 2. The SMILES string of the molecule is CC(C)SCC(=O)Nc1cccc(CO)c1. The van der Waals surface area contributed by atoms with Crippen molar-refractivity contribution in [3.63, 3.8) is 0 Å². The van der Waals surface area contributed by atoms with E-state index in [1.165, 1.54) is 0 Å². The van der Waals surface area contributed by atoms with Gasteiger partial charge in [-0.15, -0.1) is 11.8 Å². The molecule has 0 radical (unpaired) electrons. The van der Waals surface area contributed by atoms with E-state index in [1.54, 1.807) is 17.8 Å². The molecule has 0 aliphatic rings. The monoisotopic (exact) mass is 239 g/mol. The van der Waals surface area contributed by atoms with Crippen molar-refractivity contribution in [2.45, 2.75) is 25.7 Å². The molecule has 0 unspecified atom stereocenters. The highest BCUT2D eigenvalue weighted by molar-refractivity contribution is 8.00. The van der Waals surface area contributed by atoms with E-state index in [4.69, 9.17) is 5.11 Å². The summed E-state index contributed by atoms with van der Waals surface area (Å²) in [6.45, 7) is 4.11. The third-order valence-corrected chi connectivity index (χ3v) is 3.04. The minimum absolute atomic E-state index is 0.00575. The molecule has 2 N–H and O–H groups in total. The van der Waals surface area contributed by atoms with Gasteiger partial charge in [0.05, 0.1) is 12.4 Å². The van der Waals surface area contributed by atoms with Gasteiger partial charge in [-0.25, -0.2) is 0 Å². The highest BCUT2D eigenvalue weighted by Crippen LogP contribution is 2.13. The van der Waals surface area contributed by atoms with Crippen LogP contribution in [0.5, 0.6) is 0 Å². The molecule has 1 aromatic rings. The summed E-state index contributed by atoms with van der Waals surface area (Å²) < 4.78 is 0. The van der Waals surface area contributed by atoms with Crippen LogP contribution in [0.15, 0.2) is 24.3 Å². The molecule has 0 heterocycles. The van der Waals surface area contributed by atoms with Crippen molar-refractivity contribution >= 4 is 23.4 Å². The predicted molar refractivity (Wildman–Crippen MR) is 68.6 cm³/mol. The maximum absolute atomic E-state index is 11.5. The Labute approximate surface area is 100 Å². The molecule has 0 aromatic heterocycles. The second-order valence-electron chi connectivity index (χ2n) is 3.77. The first-order valence-electron chi connectivity index (χ1n) is 5.23. The Kier molecular flexibility index (Phi) is 5.35. The van der Waals surface area contributed by atoms with Crippen LogP contribution in [0.4, 0.5) is 5.69 Å². The molecule has 1 aromatic carbocycles. The molecule has 1 rings (SSSR count). The first-order chi connectivity index (χ1) is 7.61. The van der Waals surface area contributed by atoms with Crippen molar-refractivity contribution in [1.82, 2.24) is 0 Å². The largest absolute Gasteiger partial charge is 0.392 e. The van der Waals surface area contributed by atoms with Gasteiger partial charge >= 0.3 is 0 Å². The Hall–Kier alpha value is -1.00. The average Bonchev–Trinajstić information content (AvgIpc) is 2.26. The fourth-order valence-electron chi connectivity index (χ4n) is 1.19. The molecule has 1 amide bonds. The Balaban J connectivity index is 2.49. The van der Waals surface area contributed by atoms with E-state index >= 15 is 0 Å². The summed E-state index contributed by atoms with van der Waals surface area (Å²) >= 11 is 1.61. The molecule has 0 saturated heterocycles. The molecule has 0 fully saturated rings. The lowest BCUT2D eigenvalue weighted by Crippen LogP contribution is -2.15. The molecule has 88 valence electrons. The molecule has 0 aliphatic heterocycles. The van der Waals surface area contributed by atoms with Crippen molar-refractivity contribution in [1.29, 1.82) is 0 Å². The van der Waals surface area contributed by atoms with E-state index in [9.17, 15) is 4.79 Å². The van der Waals surface area contributed by atoms with Crippen molar-refractivity contribution in [3.05, 3.63) is 29.8 Å². The summed E-state index contributed by atoms with van der Waals surface area (Å²) in [5.74, 6) is 0.454. The van der Waals surface area contributed by atoms with Gasteiger partial charge in [-0.3, -0.25) is 4.79 Å². The first-order valence-corrected chi connectivity index (χ1v) is 6.28. The van der Waals surface area contributed by atoms with Crippen LogP contribution in [0, 0.1) is 0 Å². The van der Waals surface area contributed by atoms with Gasteiger partial charge in [-0.05, 0) is 22.9 Å². The van der Waals surface area contributed by atoms with E-state index in [0.29, 0.717) is 11.0 Å². The Bertz CT molecular complexity index is 353. The number of aliphatic hydroxyl groups excluding tert-OH is 1. The van der Waals surface area contributed by atoms with Crippen LogP contribution >= 0.6 is 11.8 Å². The number of carbonyl (C=O) groups excluding carboxylic acids is 1. The van der Waals surface area contributed by atoms with Gasteiger partial charge in [0.2, 0.25) is 5.91 Å². The zero-order valence-electron chi connectivity index (χ0n) is 9.56. The van der Waals surface area contributed by atoms with Gasteiger partial charge < -0.3 is 10.4 Å². The topological polar surface area (TPSA) is 49.3 Å². The van der Waals surface area contributed by atoms with E-state index in [1.807, 2.05) is 18.2 Å². The van der Waals surface area contributed by atoms with Crippen molar-refractivity contribution < 1.29 is 9.90 Å². The molecule has 0 bridgehead atoms. The normalized spacial score (nSPS) is 10.5. The molecule has 16 heavy (non-hydrogen) atoms. The van der Waals surface area contributed by atoms with Gasteiger partial charge in [-0.1, -0.05) is 26.0 Å². The summed E-state index contributed by atoms with van der Waals surface area (Å²) in [7, 11) is 0. The zero-order valence-corrected chi connectivity index (χ0v) is 10.4. The molecule has 0 aliphatic carbocycles. The summed E-state index contributed by atoms with van der Waals surface area (Å²) in [5.41, 5.74) is 1.54. The summed E-state index contributed by atoms with van der Waals surface area (Å²) in [6, 6.07) is 7.23. The second-order valence-corrected chi connectivity index (χ2v) is 5.33. The van der Waals surface area contributed by atoms with Crippen LogP contribution in [-0.4, -0.2) is 22.0 Å². The van der Waals surface area contributed by atoms with Crippen LogP contribution in [-0.2, 0) is 11.4 Å². The number of rotatable bonds is 5. The number of nitrogens with one attached hydrogen (secondary N) is 1. The van der Waals surface area contributed by atoms with Crippen molar-refractivity contribution in [2.75, 3.05) is 11.1 Å². The van der Waals surface area contributed by atoms with Gasteiger partial charge in [0, 0.05) is 5.69 Å². The third kappa shape index (κ3) is 4.68. The zero-order chi connectivity index (χ0) is 12.0. The lowest BCUT2D eigenvalue weighted by Gasteiger charge is -2.07. The highest BCUT2D eigenvalue weighted by atomic mass is 32.2. The molecular weight excluding hydrogens is 222 g/mol. The molecular formula is C12H17NO2S. The fraction of sp³-hybridized carbons (Fsp3) is 0.417. The molecule has 0 spiro atoms. The van der Waals surface area contributed by atoms with E-state index < -0.39 is 0 Å². The van der Waals surface area contributed by atoms with Crippen LogP contribution in [0.1, 0.15) is 19.4 Å². The number of aliphatic hydroxyl groups is 1. The summed E-state index contributed by atoms with van der Waals surface area (Å²) in [6.07, 6.45) is 0. The standard InChI is InChI=1S/C12H17NO2S/c1-9(2)16-8-12(15)13-11-5-3-4-10(6-11)7-14/h3-6,9,14H,7-8H2,1-2H3,(H,13,15). The minimum atomic E-state index is -0.00947. The quantitative estimate of drug-likeness (QED) is 0.828. The van der Waals surface area contributed by atoms with E-state index in [-0.39, 0.29) is 12.5 Å². The van der Waals surface area contributed by atoms with Gasteiger partial charge in [0.1, 0.15) is 0 Å². The molecule has 0 atom stereocenters. The van der Waals surface area contributed by atoms with Gasteiger partial charge in [-0.2, -0.15) is 0 Å². The number of thioether (sulfide) groups is 1. The molecule has 3 nitrogen and oxygen atoms in total. The van der Waals surface area contributed by atoms with Crippen LogP contribution in [0.3, 0.4) is 0 Å². The molecule has 4 heteroatoms. The number of anilines is 1. The second kappa shape index (κ2) is 6.55.